The van der Waals surface area contributed by atoms with Gasteiger partial charge in [0.15, 0.2) is 17.3 Å². The second kappa shape index (κ2) is 9.67. The zero-order valence-electron chi connectivity index (χ0n) is 22.3. The molecule has 0 unspecified atom stereocenters. The molecule has 6 rings (SSSR count). The summed E-state index contributed by atoms with van der Waals surface area (Å²) in [7, 11) is 0. The molecule has 1 saturated heterocycles. The molecule has 0 radical (unpaired) electrons. The number of aromatic nitrogens is 6. The molecule has 1 aliphatic heterocycles. The summed E-state index contributed by atoms with van der Waals surface area (Å²) in [5, 5.41) is 7.16. The van der Waals surface area contributed by atoms with E-state index in [1.54, 1.807) is 41.9 Å². The van der Waals surface area contributed by atoms with Gasteiger partial charge in [-0.05, 0) is 63.6 Å². The van der Waals surface area contributed by atoms with Crippen LogP contribution < -0.4 is 10.1 Å². The maximum Gasteiger partial charge on any atom is 0.246 e. The van der Waals surface area contributed by atoms with E-state index in [2.05, 4.69) is 31.9 Å². The molecule has 11 heteroatoms. The van der Waals surface area contributed by atoms with E-state index in [9.17, 15) is 4.79 Å². The van der Waals surface area contributed by atoms with Gasteiger partial charge in [-0.1, -0.05) is 6.58 Å². The van der Waals surface area contributed by atoms with Gasteiger partial charge in [0, 0.05) is 41.5 Å². The number of rotatable bonds is 6. The Kier molecular flexibility index (Phi) is 6.13. The van der Waals surface area contributed by atoms with Crippen molar-refractivity contribution in [3.05, 3.63) is 85.0 Å². The van der Waals surface area contributed by atoms with Crippen molar-refractivity contribution in [3.63, 3.8) is 0 Å². The van der Waals surface area contributed by atoms with E-state index in [0.29, 0.717) is 46.1 Å². The Bertz CT molecular complexity index is 1780. The number of ether oxygens (including phenoxy) is 1. The predicted octanol–water partition coefficient (Wildman–Crippen LogP) is 5.33. The number of pyridine rings is 2. The molecule has 40 heavy (non-hydrogen) atoms. The van der Waals surface area contributed by atoms with Crippen molar-refractivity contribution >= 4 is 34.1 Å². The van der Waals surface area contributed by atoms with E-state index >= 15 is 4.39 Å². The van der Waals surface area contributed by atoms with Gasteiger partial charge in [0.1, 0.15) is 29.7 Å². The number of hydrogen-bond acceptors (Lipinski definition) is 8. The summed E-state index contributed by atoms with van der Waals surface area (Å²) in [4.78, 5) is 32.0. The van der Waals surface area contributed by atoms with Crippen LogP contribution in [0.2, 0.25) is 0 Å². The highest BCUT2D eigenvalue weighted by atomic mass is 19.1. The Morgan fingerprint density at radius 1 is 1.18 bits per heavy atom. The van der Waals surface area contributed by atoms with E-state index in [4.69, 9.17) is 9.72 Å². The molecule has 1 atom stereocenters. The molecular formula is C29H27FN8O2. The fourth-order valence-electron chi connectivity index (χ4n) is 5.20. The van der Waals surface area contributed by atoms with Gasteiger partial charge in [0.25, 0.3) is 0 Å². The number of nitrogens with zero attached hydrogens (tertiary/aromatic N) is 7. The summed E-state index contributed by atoms with van der Waals surface area (Å²) >= 11 is 0. The molecule has 1 N–H and O–H groups in total. The van der Waals surface area contributed by atoms with Gasteiger partial charge in [0.2, 0.25) is 5.91 Å². The summed E-state index contributed by atoms with van der Waals surface area (Å²) in [5.74, 6) is 0.737. The van der Waals surface area contributed by atoms with Crippen LogP contribution in [0.3, 0.4) is 0 Å². The van der Waals surface area contributed by atoms with Crippen molar-refractivity contribution in [1.82, 2.24) is 34.4 Å². The molecular weight excluding hydrogens is 511 g/mol. The number of nitrogens with one attached hydrogen (secondary N) is 1. The molecule has 1 amide bonds. The number of amides is 1. The molecule has 0 bridgehead atoms. The van der Waals surface area contributed by atoms with Crippen molar-refractivity contribution in [3.8, 4) is 11.5 Å². The second-order valence-corrected chi connectivity index (χ2v) is 10.4. The van der Waals surface area contributed by atoms with E-state index in [-0.39, 0.29) is 23.1 Å². The number of fused-ring (bicyclic) bond motifs is 2. The molecule has 5 heterocycles. The quantitative estimate of drug-likeness (QED) is 0.289. The minimum absolute atomic E-state index is 0.0312. The highest BCUT2D eigenvalue weighted by molar-refractivity contribution is 5.88. The summed E-state index contributed by atoms with van der Waals surface area (Å²) in [6.45, 7) is 9.90. The third-order valence-electron chi connectivity index (χ3n) is 7.31. The maximum absolute atomic E-state index is 15.5. The molecule has 202 valence electrons. The van der Waals surface area contributed by atoms with Gasteiger partial charge in [0.05, 0.1) is 11.2 Å². The number of halogens is 1. The summed E-state index contributed by atoms with van der Waals surface area (Å²) < 4.78 is 23.1. The highest BCUT2D eigenvalue weighted by Crippen LogP contribution is 2.39. The maximum atomic E-state index is 15.5. The smallest absolute Gasteiger partial charge is 0.246 e. The van der Waals surface area contributed by atoms with Gasteiger partial charge in [-0.25, -0.2) is 28.8 Å². The van der Waals surface area contributed by atoms with Gasteiger partial charge in [-0.15, -0.1) is 0 Å². The lowest BCUT2D eigenvalue weighted by atomic mass is 9.94. The van der Waals surface area contributed by atoms with Gasteiger partial charge in [-0.2, -0.15) is 5.10 Å². The van der Waals surface area contributed by atoms with Crippen molar-refractivity contribution in [2.24, 2.45) is 0 Å². The predicted molar refractivity (Wildman–Crippen MR) is 148 cm³/mol. The third kappa shape index (κ3) is 4.49. The van der Waals surface area contributed by atoms with Crippen LogP contribution in [0.1, 0.15) is 37.4 Å². The molecule has 1 fully saturated rings. The van der Waals surface area contributed by atoms with Crippen molar-refractivity contribution in [1.29, 1.82) is 0 Å². The second-order valence-electron chi connectivity index (χ2n) is 10.4. The van der Waals surface area contributed by atoms with E-state index < -0.39 is 5.82 Å². The Morgan fingerprint density at radius 2 is 2.02 bits per heavy atom. The summed E-state index contributed by atoms with van der Waals surface area (Å²) in [5.41, 5.74) is 2.82. The minimum Gasteiger partial charge on any atom is -0.457 e. The molecule has 0 aliphatic carbocycles. The number of benzene rings is 1. The average molecular weight is 539 g/mol. The van der Waals surface area contributed by atoms with Crippen LogP contribution in [0.25, 0.3) is 16.7 Å². The SMILES string of the molecule is C=CC(=O)N1C[C@H](c2ccc3ncnc(Nc4ccc(Oc5ccn6ncnc6c5)c(C)c4F)c3n2)CC1(C)C. The lowest BCUT2D eigenvalue weighted by Gasteiger charge is -2.30. The highest BCUT2D eigenvalue weighted by Gasteiger charge is 2.41. The van der Waals surface area contributed by atoms with E-state index in [1.807, 2.05) is 30.9 Å². The Hall–Kier alpha value is -4.93. The zero-order valence-corrected chi connectivity index (χ0v) is 22.3. The monoisotopic (exact) mass is 538 g/mol. The molecule has 0 spiro atoms. The Labute approximate surface area is 229 Å². The first-order valence-electron chi connectivity index (χ1n) is 12.8. The van der Waals surface area contributed by atoms with E-state index in [0.717, 1.165) is 12.1 Å². The number of anilines is 2. The topological polar surface area (TPSA) is 110 Å². The first kappa shape index (κ1) is 25.4. The zero-order chi connectivity index (χ0) is 28.0. The minimum atomic E-state index is -0.472. The van der Waals surface area contributed by atoms with Crippen LogP contribution in [0.4, 0.5) is 15.9 Å². The third-order valence-corrected chi connectivity index (χ3v) is 7.31. The lowest BCUT2D eigenvalue weighted by molar-refractivity contribution is -0.129. The number of likely N-dealkylation sites (tertiary alicyclic amines) is 1. The molecule has 0 saturated carbocycles. The number of carbonyl (C=O) groups is 1. The van der Waals surface area contributed by atoms with Crippen molar-refractivity contribution in [2.75, 3.05) is 11.9 Å². The van der Waals surface area contributed by atoms with Gasteiger partial charge >= 0.3 is 0 Å². The first-order chi connectivity index (χ1) is 19.2. The van der Waals surface area contributed by atoms with Crippen LogP contribution in [-0.2, 0) is 4.79 Å². The van der Waals surface area contributed by atoms with Gasteiger partial charge in [-0.3, -0.25) is 4.79 Å². The number of hydrogen-bond donors (Lipinski definition) is 1. The van der Waals surface area contributed by atoms with Crippen LogP contribution in [0.5, 0.6) is 11.5 Å². The fraction of sp³-hybridized carbons (Fsp3) is 0.241. The first-order valence-corrected chi connectivity index (χ1v) is 12.8. The number of carbonyl (C=O) groups excluding carboxylic acids is 1. The fourth-order valence-corrected chi connectivity index (χ4v) is 5.20. The lowest BCUT2D eigenvalue weighted by Crippen LogP contribution is -2.41. The van der Waals surface area contributed by atoms with Crippen LogP contribution in [-0.4, -0.2) is 52.4 Å². The normalized spacial score (nSPS) is 16.4. The summed E-state index contributed by atoms with van der Waals surface area (Å²) in [6, 6.07) is 10.6. The van der Waals surface area contributed by atoms with Crippen LogP contribution >= 0.6 is 0 Å². The van der Waals surface area contributed by atoms with Crippen LogP contribution in [0, 0.1) is 12.7 Å². The average Bonchev–Trinajstić information content (AvgIpc) is 3.55. The van der Waals surface area contributed by atoms with Gasteiger partial charge < -0.3 is 15.0 Å². The molecule has 10 nitrogen and oxygen atoms in total. The molecule has 1 aromatic carbocycles. The Morgan fingerprint density at radius 3 is 2.85 bits per heavy atom. The summed E-state index contributed by atoms with van der Waals surface area (Å²) in [6.07, 6.45) is 6.68. The molecule has 1 aliphatic rings. The largest absolute Gasteiger partial charge is 0.457 e. The van der Waals surface area contributed by atoms with E-state index in [1.165, 1.54) is 18.7 Å². The molecule has 5 aromatic rings. The van der Waals surface area contributed by atoms with Crippen molar-refractivity contribution < 1.29 is 13.9 Å². The Balaban J connectivity index is 1.28. The van der Waals surface area contributed by atoms with Crippen molar-refractivity contribution in [2.45, 2.75) is 38.6 Å². The standard InChI is InChI=1S/C29H27FN8O2/c1-5-25(39)37-14-18(13-29(37,3)4)20-6-7-22-27(35-20)28(33-15-31-22)36-21-8-9-23(17(2)26(21)30)40-19-10-11-38-24(12-19)32-16-34-38/h5-12,15-16,18H,1,13-14H2,2-4H3,(H,31,33,36)/t18-/m1/s1. The van der Waals surface area contributed by atoms with Crippen LogP contribution in [0.15, 0.2) is 67.9 Å². The molecule has 4 aromatic heterocycles.